The monoisotopic (exact) mass is 327 g/mol. The molecule has 0 atom stereocenters. The number of piperazine rings is 1. The molecule has 0 spiro atoms. The second-order valence-electron chi connectivity index (χ2n) is 6.14. The summed E-state index contributed by atoms with van der Waals surface area (Å²) in [5.74, 6) is 0. The molecule has 0 radical (unpaired) electrons. The molecule has 1 aliphatic heterocycles. The van der Waals surface area contributed by atoms with Gasteiger partial charge in [-0.15, -0.1) is 11.3 Å². The first-order valence-corrected chi connectivity index (χ1v) is 9.11. The molecule has 2 aromatic rings. The van der Waals surface area contributed by atoms with E-state index in [0.717, 1.165) is 39.3 Å². The molecule has 0 bridgehead atoms. The summed E-state index contributed by atoms with van der Waals surface area (Å²) in [6.45, 7) is 10.9. The second-order valence-corrected chi connectivity index (χ2v) is 7.43. The topological polar surface area (TPSA) is 19.4 Å². The molecule has 1 aromatic heterocycles. The van der Waals surface area contributed by atoms with Crippen molar-refractivity contribution < 1.29 is 0 Å². The predicted octanol–water partition coefficient (Wildman–Crippen LogP) is 3.59. The van der Waals surface area contributed by atoms with Crippen molar-refractivity contribution >= 4 is 17.4 Å². The molecule has 2 heterocycles. The SMILES string of the molecule is Cc1nc(CN2CCN(C/C=C/c3ccccc3)CC2)sc1C. The predicted molar refractivity (Wildman–Crippen MR) is 98.8 cm³/mol. The van der Waals surface area contributed by atoms with E-state index in [9.17, 15) is 0 Å². The van der Waals surface area contributed by atoms with Crippen LogP contribution in [0.2, 0.25) is 0 Å². The zero-order valence-electron chi connectivity index (χ0n) is 14.0. The van der Waals surface area contributed by atoms with E-state index < -0.39 is 0 Å². The molecule has 0 unspecified atom stereocenters. The van der Waals surface area contributed by atoms with E-state index in [1.807, 2.05) is 11.3 Å². The quantitative estimate of drug-likeness (QED) is 0.836. The summed E-state index contributed by atoms with van der Waals surface area (Å²) < 4.78 is 0. The Hall–Kier alpha value is -1.49. The molecule has 3 rings (SSSR count). The second kappa shape index (κ2) is 7.86. The van der Waals surface area contributed by atoms with Crippen LogP contribution < -0.4 is 0 Å². The van der Waals surface area contributed by atoms with Gasteiger partial charge in [-0.3, -0.25) is 9.80 Å². The molecule has 0 saturated carbocycles. The standard InChI is InChI=1S/C19H25N3S/c1-16-17(2)23-19(20-16)15-22-13-11-21(12-14-22)10-6-9-18-7-4-3-5-8-18/h3-9H,10-15H2,1-2H3/b9-6+. The summed E-state index contributed by atoms with van der Waals surface area (Å²) in [5, 5.41) is 1.26. The minimum absolute atomic E-state index is 1.01. The van der Waals surface area contributed by atoms with Crippen LogP contribution in [0.15, 0.2) is 36.4 Å². The van der Waals surface area contributed by atoms with Crippen molar-refractivity contribution in [1.82, 2.24) is 14.8 Å². The molecule has 122 valence electrons. The molecule has 0 aliphatic carbocycles. The maximum atomic E-state index is 4.66. The average Bonchev–Trinajstić information content (AvgIpc) is 2.88. The lowest BCUT2D eigenvalue weighted by Crippen LogP contribution is -2.45. The maximum absolute atomic E-state index is 4.66. The van der Waals surface area contributed by atoms with Crippen LogP contribution >= 0.6 is 11.3 Å². The van der Waals surface area contributed by atoms with E-state index in [0.29, 0.717) is 0 Å². The number of hydrogen-bond donors (Lipinski definition) is 0. The van der Waals surface area contributed by atoms with Crippen LogP contribution in [0.3, 0.4) is 0 Å². The molecule has 1 aliphatic rings. The van der Waals surface area contributed by atoms with E-state index in [2.05, 4.69) is 71.1 Å². The van der Waals surface area contributed by atoms with Gasteiger partial charge in [0.1, 0.15) is 5.01 Å². The zero-order chi connectivity index (χ0) is 16.1. The van der Waals surface area contributed by atoms with E-state index in [-0.39, 0.29) is 0 Å². The number of aromatic nitrogens is 1. The first kappa shape index (κ1) is 16.4. The fourth-order valence-electron chi connectivity index (χ4n) is 2.83. The van der Waals surface area contributed by atoms with Gasteiger partial charge < -0.3 is 0 Å². The van der Waals surface area contributed by atoms with Crippen molar-refractivity contribution in [1.29, 1.82) is 0 Å². The van der Waals surface area contributed by atoms with Crippen LogP contribution in [-0.2, 0) is 6.54 Å². The van der Waals surface area contributed by atoms with Gasteiger partial charge in [0.05, 0.1) is 12.2 Å². The summed E-state index contributed by atoms with van der Waals surface area (Å²) in [7, 11) is 0. The van der Waals surface area contributed by atoms with Crippen molar-refractivity contribution in [3.05, 3.63) is 57.6 Å². The van der Waals surface area contributed by atoms with Gasteiger partial charge in [-0.2, -0.15) is 0 Å². The van der Waals surface area contributed by atoms with Crippen LogP contribution in [0.1, 0.15) is 21.1 Å². The van der Waals surface area contributed by atoms with Gasteiger partial charge >= 0.3 is 0 Å². The number of thiazole rings is 1. The summed E-state index contributed by atoms with van der Waals surface area (Å²) in [4.78, 5) is 11.1. The van der Waals surface area contributed by atoms with E-state index in [1.165, 1.54) is 21.1 Å². The maximum Gasteiger partial charge on any atom is 0.107 e. The minimum atomic E-state index is 1.01. The van der Waals surface area contributed by atoms with Crippen molar-refractivity contribution in [3.63, 3.8) is 0 Å². The first-order valence-electron chi connectivity index (χ1n) is 8.30. The van der Waals surface area contributed by atoms with E-state index in [1.54, 1.807) is 0 Å². The molecule has 1 fully saturated rings. The van der Waals surface area contributed by atoms with Gasteiger partial charge in [-0.05, 0) is 19.4 Å². The van der Waals surface area contributed by atoms with Crippen molar-refractivity contribution in [2.45, 2.75) is 20.4 Å². The van der Waals surface area contributed by atoms with Gasteiger partial charge in [0.15, 0.2) is 0 Å². The Kier molecular flexibility index (Phi) is 5.60. The lowest BCUT2D eigenvalue weighted by Gasteiger charge is -2.33. The van der Waals surface area contributed by atoms with Crippen LogP contribution in [0.5, 0.6) is 0 Å². The van der Waals surface area contributed by atoms with Gasteiger partial charge in [0.2, 0.25) is 0 Å². The Balaban J connectivity index is 1.42. The molecular formula is C19H25N3S. The summed E-state index contributed by atoms with van der Waals surface area (Å²) in [6.07, 6.45) is 4.49. The van der Waals surface area contributed by atoms with Crippen LogP contribution in [0, 0.1) is 13.8 Å². The van der Waals surface area contributed by atoms with Crippen LogP contribution in [-0.4, -0.2) is 47.5 Å². The summed E-state index contributed by atoms with van der Waals surface area (Å²) in [5.41, 5.74) is 2.47. The van der Waals surface area contributed by atoms with Crippen molar-refractivity contribution in [2.24, 2.45) is 0 Å². The highest BCUT2D eigenvalue weighted by molar-refractivity contribution is 7.11. The molecule has 0 amide bonds. The Labute approximate surface area is 143 Å². The summed E-state index contributed by atoms with van der Waals surface area (Å²) >= 11 is 1.84. The third-order valence-corrected chi connectivity index (χ3v) is 5.43. The normalized spacial score (nSPS) is 17.1. The molecule has 4 heteroatoms. The van der Waals surface area contributed by atoms with Gasteiger partial charge in [-0.25, -0.2) is 4.98 Å². The lowest BCUT2D eigenvalue weighted by molar-refractivity contribution is 0.137. The minimum Gasteiger partial charge on any atom is -0.297 e. The Bertz CT molecular complexity index is 620. The number of aryl methyl sites for hydroxylation is 2. The fourth-order valence-corrected chi connectivity index (χ4v) is 3.81. The smallest absolute Gasteiger partial charge is 0.107 e. The summed E-state index contributed by atoms with van der Waals surface area (Å²) in [6, 6.07) is 10.5. The molecular weight excluding hydrogens is 302 g/mol. The number of benzene rings is 1. The highest BCUT2D eigenvalue weighted by Crippen LogP contribution is 2.18. The molecule has 0 N–H and O–H groups in total. The zero-order valence-corrected chi connectivity index (χ0v) is 14.9. The Morgan fingerprint density at radius 3 is 2.39 bits per heavy atom. The number of rotatable bonds is 5. The third-order valence-electron chi connectivity index (χ3n) is 4.37. The largest absolute Gasteiger partial charge is 0.297 e. The number of hydrogen-bond acceptors (Lipinski definition) is 4. The highest BCUT2D eigenvalue weighted by atomic mass is 32.1. The van der Waals surface area contributed by atoms with Crippen molar-refractivity contribution in [3.8, 4) is 0 Å². The molecule has 3 nitrogen and oxygen atoms in total. The number of nitrogens with zero attached hydrogens (tertiary/aromatic N) is 3. The third kappa shape index (κ3) is 4.74. The molecule has 1 aromatic carbocycles. The van der Waals surface area contributed by atoms with Gasteiger partial charge in [0.25, 0.3) is 0 Å². The van der Waals surface area contributed by atoms with Crippen LogP contribution in [0.25, 0.3) is 6.08 Å². The fraction of sp³-hybridized carbons (Fsp3) is 0.421. The van der Waals surface area contributed by atoms with Crippen molar-refractivity contribution in [2.75, 3.05) is 32.7 Å². The molecule has 23 heavy (non-hydrogen) atoms. The van der Waals surface area contributed by atoms with E-state index in [4.69, 9.17) is 0 Å². The Morgan fingerprint density at radius 1 is 1.04 bits per heavy atom. The van der Waals surface area contributed by atoms with Gasteiger partial charge in [-0.1, -0.05) is 42.5 Å². The molecule has 1 saturated heterocycles. The van der Waals surface area contributed by atoms with Crippen LogP contribution in [0.4, 0.5) is 0 Å². The highest BCUT2D eigenvalue weighted by Gasteiger charge is 2.17. The van der Waals surface area contributed by atoms with Gasteiger partial charge in [0, 0.05) is 37.6 Å². The average molecular weight is 327 g/mol. The Morgan fingerprint density at radius 2 is 1.74 bits per heavy atom. The van der Waals surface area contributed by atoms with E-state index >= 15 is 0 Å². The first-order chi connectivity index (χ1) is 11.2. The lowest BCUT2D eigenvalue weighted by atomic mass is 10.2.